The average molecular weight is 182 g/mol. The van der Waals surface area contributed by atoms with E-state index in [0.717, 1.165) is 5.82 Å². The smallest absolute Gasteiger partial charge is 0.251 e. The van der Waals surface area contributed by atoms with E-state index in [1.807, 2.05) is 0 Å². The van der Waals surface area contributed by atoms with Crippen molar-refractivity contribution in [1.82, 2.24) is 0 Å². The fraction of sp³-hybridized carbons (Fsp3) is 0.889. The van der Waals surface area contributed by atoms with E-state index in [1.165, 1.54) is 38.5 Å². The van der Waals surface area contributed by atoms with Crippen molar-refractivity contribution < 1.29 is 29.6 Å². The Hall–Kier alpha value is 0.620. The summed E-state index contributed by atoms with van der Waals surface area (Å²) in [4.78, 5) is 0. The monoisotopic (exact) mass is 182 g/mol. The van der Waals surface area contributed by atoms with Gasteiger partial charge in [0.15, 0.2) is 0 Å². The predicted molar refractivity (Wildman–Crippen MR) is 54.1 cm³/mol. The molecule has 0 aromatic carbocycles. The molecule has 2 saturated heterocycles. The largest absolute Gasteiger partial charge is 1.00 e. The van der Waals surface area contributed by atoms with E-state index in [0.29, 0.717) is 5.21 Å². The van der Waals surface area contributed by atoms with Gasteiger partial charge in [0.25, 0.3) is 0 Å². The van der Waals surface area contributed by atoms with Crippen LogP contribution >= 0.6 is 0 Å². The maximum Gasteiger partial charge on any atom is 1.00 e. The standard InChI is InChI=1S/C9H15B2N.Na/c12-7-10-9-5-1-3-8(11-9)4-2-6-9;/h8H,1-6,10H2;/q-1;+1. The number of rotatable bonds is 1. The summed E-state index contributed by atoms with van der Waals surface area (Å²) >= 11 is 0. The number of hydrogen-bond donors (Lipinski definition) is 0. The van der Waals surface area contributed by atoms with Crippen LogP contribution in [0.3, 0.4) is 0 Å². The molecule has 0 aromatic heterocycles. The second kappa shape index (κ2) is 4.91. The molecule has 2 fully saturated rings. The van der Waals surface area contributed by atoms with Gasteiger partial charge in [0.1, 0.15) is 0 Å². The van der Waals surface area contributed by atoms with Crippen molar-refractivity contribution >= 4 is 14.6 Å². The zero-order chi connectivity index (χ0) is 8.44. The van der Waals surface area contributed by atoms with Gasteiger partial charge < -0.3 is 0 Å². The third-order valence-corrected chi connectivity index (χ3v) is 3.89. The first kappa shape index (κ1) is 11.7. The summed E-state index contributed by atoms with van der Waals surface area (Å²) in [5.41, 5.74) is 0. The molecule has 2 heterocycles. The van der Waals surface area contributed by atoms with Crippen LogP contribution in [0.1, 0.15) is 38.5 Å². The molecule has 0 aromatic rings. The molecule has 2 rings (SSSR count). The van der Waals surface area contributed by atoms with Gasteiger partial charge in [-0.1, -0.05) is 44.3 Å². The Morgan fingerprint density at radius 1 is 1.31 bits per heavy atom. The van der Waals surface area contributed by atoms with Crippen LogP contribution in [0, 0.1) is 11.2 Å². The molecular formula is C9H15B2NNa. The maximum absolute atomic E-state index is 8.81. The molecule has 0 atom stereocenters. The maximum atomic E-state index is 8.81. The van der Waals surface area contributed by atoms with Gasteiger partial charge in [-0.3, -0.25) is 5.26 Å². The van der Waals surface area contributed by atoms with E-state index in [4.69, 9.17) is 5.26 Å². The zero-order valence-electron chi connectivity index (χ0n) is 8.84. The molecule has 2 aliphatic rings. The van der Waals surface area contributed by atoms with Crippen molar-refractivity contribution in [3.05, 3.63) is 0 Å². The van der Waals surface area contributed by atoms with E-state index in [2.05, 4.69) is 13.2 Å². The second-order valence-corrected chi connectivity index (χ2v) is 4.84. The summed E-state index contributed by atoms with van der Waals surface area (Å²) < 4.78 is 0. The van der Waals surface area contributed by atoms with Crippen LogP contribution in [0.4, 0.5) is 0 Å². The van der Waals surface area contributed by atoms with Crippen LogP contribution < -0.4 is 29.6 Å². The molecule has 1 nitrogen and oxygen atoms in total. The molecule has 0 spiro atoms. The molecule has 2 bridgehead atoms. The number of fused-ring (bicyclic) bond motifs is 2. The summed E-state index contributed by atoms with van der Waals surface area (Å²) in [5, 5.41) is 9.28. The Morgan fingerprint density at radius 3 is 2.46 bits per heavy atom. The fourth-order valence-corrected chi connectivity index (χ4v) is 3.26. The van der Waals surface area contributed by atoms with Crippen molar-refractivity contribution in [2.75, 3.05) is 0 Å². The molecule has 0 amide bonds. The summed E-state index contributed by atoms with van der Waals surface area (Å²) in [6.07, 6.45) is 8.23. The van der Waals surface area contributed by atoms with Gasteiger partial charge in [0.05, 0.1) is 14.6 Å². The summed E-state index contributed by atoms with van der Waals surface area (Å²) in [6, 6.07) is 0. The fourth-order valence-electron chi connectivity index (χ4n) is 3.26. The van der Waals surface area contributed by atoms with Crippen LogP contribution in [-0.4, -0.2) is 14.6 Å². The van der Waals surface area contributed by atoms with Crippen molar-refractivity contribution in [1.29, 1.82) is 5.26 Å². The third kappa shape index (κ3) is 2.55. The van der Waals surface area contributed by atoms with E-state index in [9.17, 15) is 0 Å². The Bertz CT molecular complexity index is 204. The first-order chi connectivity index (χ1) is 5.85. The molecule has 13 heavy (non-hydrogen) atoms. The summed E-state index contributed by atoms with van der Waals surface area (Å²) in [6.45, 7) is 0. The minimum Gasteiger partial charge on any atom is -0.251 e. The van der Waals surface area contributed by atoms with Crippen LogP contribution in [-0.2, 0) is 0 Å². The van der Waals surface area contributed by atoms with Crippen molar-refractivity contribution in [3.63, 3.8) is 0 Å². The third-order valence-electron chi connectivity index (χ3n) is 3.89. The van der Waals surface area contributed by atoms with Crippen LogP contribution in [0.5, 0.6) is 0 Å². The minimum atomic E-state index is -0.339. The Morgan fingerprint density at radius 2 is 1.92 bits per heavy atom. The number of nitrogens with zero attached hydrogens (tertiary/aromatic N) is 1. The number of hydrogen-bond acceptors (Lipinski definition) is 1. The molecule has 4 heteroatoms. The van der Waals surface area contributed by atoms with Gasteiger partial charge in [-0.25, -0.2) is 0 Å². The minimum absolute atomic E-state index is 0. The van der Waals surface area contributed by atoms with E-state index < -0.39 is 0 Å². The van der Waals surface area contributed by atoms with E-state index in [1.54, 1.807) is 0 Å². The molecule has 2 aliphatic heterocycles. The van der Waals surface area contributed by atoms with Gasteiger partial charge >= 0.3 is 29.6 Å². The van der Waals surface area contributed by atoms with Gasteiger partial charge in [-0.05, 0) is 0 Å². The quantitative estimate of drug-likeness (QED) is 0.458. The van der Waals surface area contributed by atoms with Crippen LogP contribution in [0.2, 0.25) is 11.0 Å². The van der Waals surface area contributed by atoms with E-state index in [-0.39, 0.29) is 36.8 Å². The Balaban J connectivity index is 0.000000845. The summed E-state index contributed by atoms with van der Waals surface area (Å²) in [7, 11) is 2.22. The normalized spacial score (nSPS) is 36.7. The SMILES string of the molecule is N#C[BH2-]C12[B]C(CCC1)CCC2.[Na+]. The van der Waals surface area contributed by atoms with Gasteiger partial charge in [0, 0.05) is 0 Å². The zero-order valence-corrected chi connectivity index (χ0v) is 10.8. The molecule has 0 unspecified atom stereocenters. The van der Waals surface area contributed by atoms with Crippen molar-refractivity contribution in [3.8, 4) is 5.97 Å². The second-order valence-electron chi connectivity index (χ2n) is 4.84. The first-order valence-electron chi connectivity index (χ1n) is 5.37. The Kier molecular flexibility index (Phi) is 4.42. The molecule has 0 saturated carbocycles. The Labute approximate surface area is 104 Å². The number of nitriles is 1. The van der Waals surface area contributed by atoms with Gasteiger partial charge in [0.2, 0.25) is 0 Å². The van der Waals surface area contributed by atoms with Crippen LogP contribution in [0.15, 0.2) is 0 Å². The topological polar surface area (TPSA) is 23.8 Å². The first-order valence-corrected chi connectivity index (χ1v) is 5.37. The molecule has 0 N–H and O–H groups in total. The average Bonchev–Trinajstić information content (AvgIpc) is 2.04. The van der Waals surface area contributed by atoms with E-state index >= 15 is 0 Å². The molecule has 0 aliphatic carbocycles. The predicted octanol–water partition coefficient (Wildman–Crippen LogP) is -1.38. The molecule has 63 valence electrons. The van der Waals surface area contributed by atoms with Crippen LogP contribution in [0.25, 0.3) is 0 Å². The molecular weight excluding hydrogens is 167 g/mol. The summed E-state index contributed by atoms with van der Waals surface area (Å²) in [5.74, 6) is 3.36. The van der Waals surface area contributed by atoms with Crippen molar-refractivity contribution in [2.24, 2.45) is 0 Å². The van der Waals surface area contributed by atoms with Gasteiger partial charge in [-0.2, -0.15) is 11.2 Å². The van der Waals surface area contributed by atoms with Gasteiger partial charge in [-0.15, -0.1) is 0 Å². The van der Waals surface area contributed by atoms with Crippen molar-refractivity contribution in [2.45, 2.75) is 49.6 Å². The molecule has 1 radical (unpaired) electrons.